The monoisotopic (exact) mass is 345 g/mol. The van der Waals surface area contributed by atoms with Crippen molar-refractivity contribution in [1.29, 1.82) is 0 Å². The van der Waals surface area contributed by atoms with Crippen molar-refractivity contribution in [3.63, 3.8) is 0 Å². The molecule has 0 bridgehead atoms. The molecule has 0 N–H and O–H groups in total. The third-order valence-electron chi connectivity index (χ3n) is 4.45. The number of carbonyl (C=O) groups is 1. The zero-order valence-electron chi connectivity index (χ0n) is 12.5. The van der Waals surface area contributed by atoms with Crippen molar-refractivity contribution in [3.8, 4) is 0 Å². The number of carbonyl (C=O) groups excluding carboxylic acids is 1. The maximum atomic E-state index is 12.7. The maximum absolute atomic E-state index is 12.7. The molecule has 0 spiro atoms. The van der Waals surface area contributed by atoms with Crippen LogP contribution in [0.2, 0.25) is 0 Å². The highest BCUT2D eigenvalue weighted by atomic mass is 32.2. The number of amides is 1. The van der Waals surface area contributed by atoms with Crippen LogP contribution >= 0.6 is 11.8 Å². The lowest BCUT2D eigenvalue weighted by Crippen LogP contribution is -2.37. The van der Waals surface area contributed by atoms with Gasteiger partial charge in [0.15, 0.2) is 9.84 Å². The van der Waals surface area contributed by atoms with Gasteiger partial charge in [0.05, 0.1) is 4.90 Å². The van der Waals surface area contributed by atoms with Gasteiger partial charge in [-0.15, -0.1) is 11.8 Å². The molecule has 118 valence electrons. The fraction of sp³-hybridized carbons (Fsp3) is 0.235. The van der Waals surface area contributed by atoms with E-state index in [0.717, 1.165) is 22.4 Å². The van der Waals surface area contributed by atoms with Crippen LogP contribution in [0.1, 0.15) is 21.5 Å². The number of hydrogen-bond donors (Lipinski definition) is 0. The van der Waals surface area contributed by atoms with Crippen molar-refractivity contribution in [2.75, 3.05) is 18.6 Å². The van der Waals surface area contributed by atoms with E-state index in [0.29, 0.717) is 11.4 Å². The predicted octanol–water partition coefficient (Wildman–Crippen LogP) is 2.49. The Bertz CT molecular complexity index is 906. The van der Waals surface area contributed by atoms with Crippen LogP contribution < -0.4 is 0 Å². The van der Waals surface area contributed by atoms with Gasteiger partial charge in [0.1, 0.15) is 4.87 Å². The molecule has 1 saturated heterocycles. The highest BCUT2D eigenvalue weighted by Gasteiger charge is 2.54. The Morgan fingerprint density at radius 3 is 2.48 bits per heavy atom. The molecule has 6 heteroatoms. The third-order valence-corrected chi connectivity index (χ3v) is 7.06. The van der Waals surface area contributed by atoms with E-state index in [4.69, 9.17) is 0 Å². The Hall–Kier alpha value is -1.79. The van der Waals surface area contributed by atoms with Gasteiger partial charge >= 0.3 is 0 Å². The van der Waals surface area contributed by atoms with Gasteiger partial charge in [0.25, 0.3) is 5.91 Å². The first-order valence-corrected chi connectivity index (χ1v) is 10.2. The summed E-state index contributed by atoms with van der Waals surface area (Å²) in [6, 6.07) is 14.6. The van der Waals surface area contributed by atoms with Crippen LogP contribution in [-0.4, -0.2) is 37.8 Å². The van der Waals surface area contributed by atoms with E-state index >= 15 is 0 Å². The smallest absolute Gasteiger partial charge is 0.255 e. The van der Waals surface area contributed by atoms with E-state index in [1.165, 1.54) is 6.26 Å². The summed E-state index contributed by atoms with van der Waals surface area (Å²) < 4.78 is 23.3. The Labute approximate surface area is 139 Å². The van der Waals surface area contributed by atoms with Crippen LogP contribution in [0.4, 0.5) is 0 Å². The second-order valence-electron chi connectivity index (χ2n) is 5.79. The minimum Gasteiger partial charge on any atom is -0.315 e. The highest BCUT2D eigenvalue weighted by Crippen LogP contribution is 2.55. The quantitative estimate of drug-likeness (QED) is 0.839. The topological polar surface area (TPSA) is 54.5 Å². The number of rotatable bonds is 2. The first-order valence-electron chi connectivity index (χ1n) is 7.30. The molecule has 1 atom stereocenters. The average molecular weight is 345 g/mol. The van der Waals surface area contributed by atoms with Crippen LogP contribution in [0.5, 0.6) is 0 Å². The van der Waals surface area contributed by atoms with Crippen molar-refractivity contribution < 1.29 is 13.2 Å². The van der Waals surface area contributed by atoms with Crippen LogP contribution in [0.15, 0.2) is 53.4 Å². The molecule has 1 fully saturated rings. The van der Waals surface area contributed by atoms with Gasteiger partial charge in [0.2, 0.25) is 0 Å². The summed E-state index contributed by atoms with van der Waals surface area (Å²) in [6.07, 6.45) is 1.20. The summed E-state index contributed by atoms with van der Waals surface area (Å²) in [5.74, 6) is 0.922. The molecule has 2 aromatic rings. The zero-order valence-corrected chi connectivity index (χ0v) is 14.2. The van der Waals surface area contributed by atoms with Gasteiger partial charge in [-0.2, -0.15) is 0 Å². The lowest BCUT2D eigenvalue weighted by molar-refractivity contribution is 0.0752. The number of nitrogens with zero attached hydrogens (tertiary/aromatic N) is 1. The molecule has 1 amide bonds. The van der Waals surface area contributed by atoms with Crippen LogP contribution in [-0.2, 0) is 14.7 Å². The largest absolute Gasteiger partial charge is 0.315 e. The minimum absolute atomic E-state index is 0.0535. The molecule has 2 heterocycles. The normalized spacial score (nSPS) is 23.0. The van der Waals surface area contributed by atoms with E-state index in [2.05, 4.69) is 0 Å². The molecule has 4 nitrogen and oxygen atoms in total. The Balaban J connectivity index is 1.91. The van der Waals surface area contributed by atoms with Crippen molar-refractivity contribution in [2.24, 2.45) is 0 Å². The standard InChI is InChI=1S/C17H15NO3S2/c1-23(20,21)13-8-6-12(7-9-13)17-15-5-3-2-4-14(15)16(19)18(17)10-11-22-17/h2-9H,10-11H2,1H3/t17-/m1/s1. The predicted molar refractivity (Wildman–Crippen MR) is 90.3 cm³/mol. The summed E-state index contributed by atoms with van der Waals surface area (Å²) >= 11 is 1.73. The first kappa shape index (κ1) is 14.8. The summed E-state index contributed by atoms with van der Waals surface area (Å²) in [5, 5.41) is 0. The number of sulfone groups is 1. The summed E-state index contributed by atoms with van der Waals surface area (Å²) in [7, 11) is -3.23. The van der Waals surface area contributed by atoms with E-state index in [1.54, 1.807) is 23.9 Å². The molecule has 2 aliphatic rings. The fourth-order valence-corrected chi connectivity index (χ4v) is 5.59. The number of fused-ring (bicyclic) bond motifs is 3. The molecule has 2 aromatic carbocycles. The molecule has 0 aromatic heterocycles. The van der Waals surface area contributed by atoms with E-state index in [-0.39, 0.29) is 5.91 Å². The molecule has 0 aliphatic carbocycles. The van der Waals surface area contributed by atoms with E-state index < -0.39 is 14.7 Å². The molecular weight excluding hydrogens is 330 g/mol. The van der Waals surface area contributed by atoms with Gasteiger partial charge in [-0.25, -0.2) is 8.42 Å². The Morgan fingerprint density at radius 2 is 1.78 bits per heavy atom. The molecule has 0 radical (unpaired) electrons. The van der Waals surface area contributed by atoms with Crippen molar-refractivity contribution in [1.82, 2.24) is 4.90 Å². The molecule has 4 rings (SSSR count). The second kappa shape index (κ2) is 4.85. The van der Waals surface area contributed by atoms with Gasteiger partial charge < -0.3 is 4.90 Å². The summed E-state index contributed by atoms with van der Waals surface area (Å²) in [6.45, 7) is 0.700. The zero-order chi connectivity index (χ0) is 16.2. The molecule has 2 aliphatic heterocycles. The lowest BCUT2D eigenvalue weighted by Gasteiger charge is -2.32. The molecule has 23 heavy (non-hydrogen) atoms. The molecular formula is C17H15NO3S2. The van der Waals surface area contributed by atoms with Crippen molar-refractivity contribution >= 4 is 27.5 Å². The summed E-state index contributed by atoms with van der Waals surface area (Å²) in [5.41, 5.74) is 2.69. The van der Waals surface area contributed by atoms with E-state index in [1.807, 2.05) is 41.3 Å². The number of hydrogen-bond acceptors (Lipinski definition) is 4. The first-order chi connectivity index (χ1) is 10.9. The Kier molecular flexibility index (Phi) is 3.12. The Morgan fingerprint density at radius 1 is 1.09 bits per heavy atom. The van der Waals surface area contributed by atoms with Crippen LogP contribution in [0.3, 0.4) is 0 Å². The highest BCUT2D eigenvalue weighted by molar-refractivity contribution is 8.00. The van der Waals surface area contributed by atoms with Gasteiger partial charge in [-0.1, -0.05) is 30.3 Å². The van der Waals surface area contributed by atoms with Gasteiger partial charge in [0, 0.05) is 29.7 Å². The number of thioether (sulfide) groups is 1. The van der Waals surface area contributed by atoms with E-state index in [9.17, 15) is 13.2 Å². The second-order valence-corrected chi connectivity index (χ2v) is 9.09. The van der Waals surface area contributed by atoms with Crippen LogP contribution in [0.25, 0.3) is 0 Å². The van der Waals surface area contributed by atoms with Gasteiger partial charge in [-0.3, -0.25) is 4.79 Å². The molecule has 0 saturated carbocycles. The molecule has 0 unspecified atom stereocenters. The fourth-order valence-electron chi connectivity index (χ4n) is 3.42. The van der Waals surface area contributed by atoms with Gasteiger partial charge in [-0.05, 0) is 23.8 Å². The number of benzene rings is 2. The van der Waals surface area contributed by atoms with Crippen molar-refractivity contribution in [2.45, 2.75) is 9.77 Å². The lowest BCUT2D eigenvalue weighted by atomic mass is 9.97. The summed E-state index contributed by atoms with van der Waals surface area (Å²) in [4.78, 5) is 14.4. The maximum Gasteiger partial charge on any atom is 0.255 e. The third kappa shape index (κ3) is 1.98. The minimum atomic E-state index is -3.23. The van der Waals surface area contributed by atoms with Crippen molar-refractivity contribution in [3.05, 3.63) is 65.2 Å². The SMILES string of the molecule is CS(=O)(=O)c1ccc([C@]23SCCN2C(=O)c2ccccc23)cc1. The average Bonchev–Trinajstić information content (AvgIpc) is 3.07. The van der Waals surface area contributed by atoms with Crippen LogP contribution in [0, 0.1) is 0 Å².